The molecular weight excluding hydrogens is 366 g/mol. The summed E-state index contributed by atoms with van der Waals surface area (Å²) in [6.07, 6.45) is -3.61. The highest BCUT2D eigenvalue weighted by molar-refractivity contribution is 6.40. The zero-order valence-electron chi connectivity index (χ0n) is 13.9. The van der Waals surface area contributed by atoms with Gasteiger partial charge in [0.2, 0.25) is 0 Å². The third-order valence-electron chi connectivity index (χ3n) is 3.87. The van der Waals surface area contributed by atoms with E-state index in [4.69, 9.17) is 14.8 Å². The predicted molar refractivity (Wildman–Crippen MR) is 90.9 cm³/mol. The van der Waals surface area contributed by atoms with Crippen LogP contribution in [0.25, 0.3) is 0 Å². The number of rotatable bonds is 5. The Morgan fingerprint density at radius 2 is 1.85 bits per heavy atom. The molecule has 27 heavy (non-hydrogen) atoms. The molecule has 0 saturated carbocycles. The van der Waals surface area contributed by atoms with Crippen molar-refractivity contribution in [2.45, 2.75) is 25.5 Å². The zero-order valence-corrected chi connectivity index (χ0v) is 13.9. The average molecular weight is 381 g/mol. The van der Waals surface area contributed by atoms with Crippen LogP contribution in [0, 0.1) is 0 Å². The lowest BCUT2D eigenvalue weighted by Gasteiger charge is -2.12. The van der Waals surface area contributed by atoms with Crippen LogP contribution >= 0.6 is 0 Å². The Morgan fingerprint density at radius 1 is 1.11 bits per heavy atom. The van der Waals surface area contributed by atoms with Gasteiger partial charge in [0.1, 0.15) is 11.5 Å². The van der Waals surface area contributed by atoms with Gasteiger partial charge in [-0.1, -0.05) is 12.5 Å². The lowest BCUT2D eigenvalue weighted by atomic mass is 9.83. The molecule has 0 bridgehead atoms. The van der Waals surface area contributed by atoms with Crippen molar-refractivity contribution in [3.8, 4) is 17.2 Å². The zero-order chi connectivity index (χ0) is 19.6. The molecule has 2 aromatic carbocycles. The van der Waals surface area contributed by atoms with Crippen LogP contribution in [0.15, 0.2) is 36.4 Å². The molecule has 10 heteroatoms. The van der Waals surface area contributed by atoms with E-state index in [0.717, 1.165) is 17.7 Å². The number of amides is 1. The van der Waals surface area contributed by atoms with Crippen LogP contribution in [0.5, 0.6) is 17.2 Å². The molecule has 1 heterocycles. The van der Waals surface area contributed by atoms with Crippen LogP contribution in [0.3, 0.4) is 0 Å². The van der Waals surface area contributed by atoms with Gasteiger partial charge in [0.25, 0.3) is 5.91 Å². The molecule has 0 aromatic heterocycles. The van der Waals surface area contributed by atoms with Gasteiger partial charge in [-0.3, -0.25) is 4.79 Å². The molecule has 0 atom stereocenters. The molecule has 0 saturated heterocycles. The van der Waals surface area contributed by atoms with Crippen LogP contribution < -0.4 is 14.8 Å². The second kappa shape index (κ2) is 7.49. The lowest BCUT2D eigenvalue weighted by Crippen LogP contribution is -2.17. The van der Waals surface area contributed by atoms with E-state index in [2.05, 4.69) is 10.1 Å². The smallest absolute Gasteiger partial charge is 0.454 e. The number of nitrogens with one attached hydrogen (secondary N) is 1. The van der Waals surface area contributed by atoms with E-state index in [1.807, 2.05) is 0 Å². The van der Waals surface area contributed by atoms with Gasteiger partial charge in [-0.2, -0.15) is 0 Å². The highest BCUT2D eigenvalue weighted by Gasteiger charge is 2.32. The van der Waals surface area contributed by atoms with Gasteiger partial charge in [0, 0.05) is 6.07 Å². The van der Waals surface area contributed by atoms with E-state index < -0.39 is 25.1 Å². The number of alkyl halides is 3. The summed E-state index contributed by atoms with van der Waals surface area (Å²) in [5.41, 5.74) is 1.08. The third-order valence-corrected chi connectivity index (χ3v) is 3.87. The van der Waals surface area contributed by atoms with Gasteiger partial charge >= 0.3 is 13.5 Å². The van der Waals surface area contributed by atoms with Crippen molar-refractivity contribution in [2.24, 2.45) is 0 Å². The first-order valence-electron chi connectivity index (χ1n) is 8.09. The Kier molecular flexibility index (Phi) is 5.29. The number of benzene rings is 2. The molecule has 1 aliphatic rings. The molecule has 1 amide bonds. The van der Waals surface area contributed by atoms with Gasteiger partial charge in [0.15, 0.2) is 5.75 Å². The molecule has 6 nitrogen and oxygen atoms in total. The number of hydrogen-bond donors (Lipinski definition) is 3. The fraction of sp³-hybridized carbons (Fsp3) is 0.235. The quantitative estimate of drug-likeness (QED) is 0.692. The van der Waals surface area contributed by atoms with Gasteiger partial charge < -0.3 is 24.8 Å². The fourth-order valence-electron chi connectivity index (χ4n) is 2.69. The van der Waals surface area contributed by atoms with Crippen molar-refractivity contribution in [3.63, 3.8) is 0 Å². The van der Waals surface area contributed by atoms with E-state index in [9.17, 15) is 18.0 Å². The van der Waals surface area contributed by atoms with Crippen molar-refractivity contribution in [1.82, 2.24) is 0 Å². The monoisotopic (exact) mass is 381 g/mol. The van der Waals surface area contributed by atoms with Crippen LogP contribution in [0.4, 0.5) is 18.9 Å². The van der Waals surface area contributed by atoms with Crippen LogP contribution in [0.2, 0.25) is 6.32 Å². The predicted octanol–water partition coefficient (Wildman–Crippen LogP) is 3.35. The highest BCUT2D eigenvalue weighted by atomic mass is 19.4. The second-order valence-corrected chi connectivity index (χ2v) is 5.97. The van der Waals surface area contributed by atoms with Crippen molar-refractivity contribution in [2.75, 3.05) is 5.32 Å². The summed E-state index contributed by atoms with van der Waals surface area (Å²) in [5, 5.41) is 20.3. The molecule has 0 aliphatic carbocycles. The maximum Gasteiger partial charge on any atom is 0.573 e. The molecular formula is C17H15BF3NO5. The van der Waals surface area contributed by atoms with E-state index in [0.29, 0.717) is 12.8 Å². The van der Waals surface area contributed by atoms with E-state index >= 15 is 0 Å². The Hall–Kier alpha value is -2.72. The number of carbonyl (C=O) groups is 1. The summed E-state index contributed by atoms with van der Waals surface area (Å²) in [4.78, 5) is 12.5. The number of aryl methyl sites for hydroxylation is 1. The Morgan fingerprint density at radius 3 is 2.56 bits per heavy atom. The topological polar surface area (TPSA) is 88.0 Å². The highest BCUT2D eigenvalue weighted by Crippen LogP contribution is 2.39. The lowest BCUT2D eigenvalue weighted by molar-refractivity contribution is -0.274. The summed E-state index contributed by atoms with van der Waals surface area (Å²) in [5.74, 6) is -0.550. The van der Waals surface area contributed by atoms with E-state index in [-0.39, 0.29) is 29.1 Å². The molecule has 0 spiro atoms. The molecule has 142 valence electrons. The normalized spacial score (nSPS) is 13.0. The Labute approximate surface area is 152 Å². The number of hydrogen-bond acceptors (Lipinski definition) is 5. The summed E-state index contributed by atoms with van der Waals surface area (Å²) >= 11 is 0. The maximum absolute atomic E-state index is 12.5. The summed E-state index contributed by atoms with van der Waals surface area (Å²) in [6, 6.07) is 8.35. The largest absolute Gasteiger partial charge is 0.573 e. The molecule has 0 radical (unpaired) electrons. The van der Waals surface area contributed by atoms with Crippen LogP contribution in [-0.4, -0.2) is 29.4 Å². The van der Waals surface area contributed by atoms with Crippen LogP contribution in [0.1, 0.15) is 22.3 Å². The maximum atomic E-state index is 12.5. The minimum atomic E-state index is -4.84. The molecule has 1 aliphatic heterocycles. The van der Waals surface area contributed by atoms with Crippen molar-refractivity contribution >= 4 is 18.7 Å². The van der Waals surface area contributed by atoms with Crippen molar-refractivity contribution in [3.05, 3.63) is 47.5 Å². The van der Waals surface area contributed by atoms with E-state index in [1.165, 1.54) is 6.07 Å². The van der Waals surface area contributed by atoms with Crippen LogP contribution in [-0.2, 0) is 6.42 Å². The average Bonchev–Trinajstić information content (AvgIpc) is 2.69. The second-order valence-electron chi connectivity index (χ2n) is 5.97. The SMILES string of the molecule is O=C1Nc2cc(OC(F)(F)F)ccc2Oc2ccc(CCCB(O)O)cc21. The van der Waals surface area contributed by atoms with E-state index in [1.54, 1.807) is 18.2 Å². The summed E-state index contributed by atoms with van der Waals surface area (Å²) < 4.78 is 46.6. The molecule has 3 N–H and O–H groups in total. The Balaban J connectivity index is 1.82. The summed E-state index contributed by atoms with van der Waals surface area (Å²) in [6.45, 7) is 0. The number of fused-ring (bicyclic) bond motifs is 2. The van der Waals surface area contributed by atoms with Crippen molar-refractivity contribution < 1.29 is 37.5 Å². The molecule has 0 unspecified atom stereocenters. The first kappa shape index (κ1) is 19.1. The molecule has 3 rings (SSSR count). The number of ether oxygens (including phenoxy) is 2. The summed E-state index contributed by atoms with van der Waals surface area (Å²) in [7, 11) is -1.39. The van der Waals surface area contributed by atoms with Gasteiger partial charge in [-0.25, -0.2) is 0 Å². The standard InChI is InChI=1S/C17H15BF3NO5/c19-17(20,21)27-11-4-6-15-13(9-11)22-16(23)12-8-10(2-1-7-18(24)25)3-5-14(12)26-15/h3-6,8-9,24-25H,1-2,7H2,(H,22,23). The first-order valence-corrected chi connectivity index (χ1v) is 8.09. The first-order chi connectivity index (χ1) is 12.7. The Bertz CT molecular complexity index is 857. The number of anilines is 1. The minimum Gasteiger partial charge on any atom is -0.454 e. The fourth-order valence-corrected chi connectivity index (χ4v) is 2.69. The van der Waals surface area contributed by atoms with Gasteiger partial charge in [-0.05, 0) is 42.6 Å². The van der Waals surface area contributed by atoms with Gasteiger partial charge in [0.05, 0.1) is 11.3 Å². The molecule has 0 fully saturated rings. The number of halogens is 3. The van der Waals surface area contributed by atoms with Gasteiger partial charge in [-0.15, -0.1) is 13.2 Å². The molecule has 2 aromatic rings. The third kappa shape index (κ3) is 4.92. The number of carbonyl (C=O) groups excluding carboxylic acids is 1. The minimum absolute atomic E-state index is 0.0582. The van der Waals surface area contributed by atoms with Crippen molar-refractivity contribution in [1.29, 1.82) is 0 Å².